The molecule has 38 heavy (non-hydrogen) atoms. The van der Waals surface area contributed by atoms with E-state index in [0.717, 1.165) is 50.7 Å². The minimum absolute atomic E-state index is 0.0103. The maximum Gasteiger partial charge on any atom is 0.180 e. The molecule has 0 amide bonds. The molecule has 0 spiro atoms. The standard InChI is InChI=1S/C25H25N3O2S.C7H8/c1-3-30-22-10-6-4-8-18(2)12-14-21(22)25-27-26-24-15-13-20(16-28(24)25)31-23-11-7-5-9-19(23)17-29;1-7-5-3-2-4-6-7/h5,7-13,15-16,29H,3-4,6,17H2,1-2H3;2-6H,1H3/b18-8-,22-10+;. The van der Waals surface area contributed by atoms with Crippen LogP contribution in [-0.4, -0.2) is 26.3 Å². The number of aromatic nitrogens is 3. The summed E-state index contributed by atoms with van der Waals surface area (Å²) in [4.78, 5) is 2.05. The summed E-state index contributed by atoms with van der Waals surface area (Å²) in [7, 11) is 0. The van der Waals surface area contributed by atoms with Gasteiger partial charge in [0.1, 0.15) is 11.3 Å². The highest BCUT2D eigenvalue weighted by molar-refractivity contribution is 7.99. The number of pyridine rings is 1. The number of allylic oxidation sites excluding steroid dienone is 4. The van der Waals surface area contributed by atoms with Gasteiger partial charge < -0.3 is 9.84 Å². The van der Waals surface area contributed by atoms with Crippen molar-refractivity contribution in [3.8, 4) is 0 Å². The summed E-state index contributed by atoms with van der Waals surface area (Å²) in [6, 6.07) is 22.1. The highest BCUT2D eigenvalue weighted by Crippen LogP contribution is 2.32. The molecule has 0 fully saturated rings. The zero-order valence-corrected chi connectivity index (χ0v) is 22.9. The van der Waals surface area contributed by atoms with Gasteiger partial charge >= 0.3 is 0 Å². The fourth-order valence-corrected chi connectivity index (χ4v) is 4.86. The molecule has 2 aromatic carbocycles. The summed E-state index contributed by atoms with van der Waals surface area (Å²) in [5.74, 6) is 1.47. The molecular weight excluding hydrogens is 490 g/mol. The Balaban J connectivity index is 0.000000417. The Kier molecular flexibility index (Phi) is 9.77. The van der Waals surface area contributed by atoms with Gasteiger partial charge in [-0.25, -0.2) is 0 Å². The molecule has 0 bridgehead atoms. The second-order valence-corrected chi connectivity index (χ2v) is 9.95. The van der Waals surface area contributed by atoms with Gasteiger partial charge in [-0.1, -0.05) is 71.9 Å². The first-order valence-corrected chi connectivity index (χ1v) is 13.6. The van der Waals surface area contributed by atoms with Crippen LogP contribution in [0.15, 0.2) is 118 Å². The summed E-state index contributed by atoms with van der Waals surface area (Å²) in [5.41, 5.74) is 8.33. The predicted octanol–water partition coefficient (Wildman–Crippen LogP) is 7.57. The maximum absolute atomic E-state index is 9.64. The lowest BCUT2D eigenvalue weighted by molar-refractivity contribution is 0.244. The van der Waals surface area contributed by atoms with Gasteiger partial charge in [-0.05, 0) is 75.1 Å². The second-order valence-electron chi connectivity index (χ2n) is 8.83. The third-order valence-electron chi connectivity index (χ3n) is 5.86. The van der Waals surface area contributed by atoms with Crippen molar-refractivity contribution in [3.63, 3.8) is 0 Å². The van der Waals surface area contributed by atoms with E-state index in [9.17, 15) is 5.11 Å². The lowest BCUT2D eigenvalue weighted by Crippen LogP contribution is -2.01. The van der Waals surface area contributed by atoms with Crippen LogP contribution in [-0.2, 0) is 11.3 Å². The van der Waals surface area contributed by atoms with Crippen molar-refractivity contribution in [1.82, 2.24) is 14.6 Å². The lowest BCUT2D eigenvalue weighted by atomic mass is 10.1. The van der Waals surface area contributed by atoms with E-state index in [4.69, 9.17) is 4.74 Å². The molecule has 1 aliphatic rings. The fraction of sp³-hybridized carbons (Fsp3) is 0.219. The van der Waals surface area contributed by atoms with Crippen molar-refractivity contribution in [1.29, 1.82) is 0 Å². The first kappa shape index (κ1) is 27.2. The highest BCUT2D eigenvalue weighted by Gasteiger charge is 2.17. The third kappa shape index (κ3) is 7.14. The average Bonchev–Trinajstić information content (AvgIpc) is 3.37. The van der Waals surface area contributed by atoms with Crippen LogP contribution < -0.4 is 0 Å². The van der Waals surface area contributed by atoms with Crippen LogP contribution in [0.3, 0.4) is 0 Å². The van der Waals surface area contributed by atoms with Crippen LogP contribution in [0, 0.1) is 6.92 Å². The van der Waals surface area contributed by atoms with Crippen LogP contribution in [0.4, 0.5) is 0 Å². The van der Waals surface area contributed by atoms with Gasteiger partial charge in [0, 0.05) is 16.0 Å². The molecule has 2 aromatic heterocycles. The number of aryl methyl sites for hydroxylation is 1. The third-order valence-corrected chi connectivity index (χ3v) is 6.96. The minimum atomic E-state index is 0.0103. The van der Waals surface area contributed by atoms with E-state index in [1.165, 1.54) is 5.56 Å². The van der Waals surface area contributed by atoms with E-state index in [1.54, 1.807) is 11.8 Å². The highest BCUT2D eigenvalue weighted by atomic mass is 32.2. The second kappa shape index (κ2) is 13.6. The van der Waals surface area contributed by atoms with Crippen LogP contribution in [0.1, 0.15) is 43.6 Å². The molecule has 4 aromatic rings. The number of aliphatic hydroxyl groups is 1. The Hall–Kier alpha value is -3.83. The number of fused-ring (bicyclic) bond motifs is 1. The van der Waals surface area contributed by atoms with Gasteiger partial charge in [-0.2, -0.15) is 0 Å². The Morgan fingerprint density at radius 3 is 2.45 bits per heavy atom. The molecule has 5 nitrogen and oxygen atoms in total. The van der Waals surface area contributed by atoms with Gasteiger partial charge in [-0.15, -0.1) is 15.9 Å². The Labute approximate surface area is 228 Å². The van der Waals surface area contributed by atoms with Gasteiger partial charge in [-0.3, -0.25) is 4.40 Å². The average molecular weight is 524 g/mol. The first-order valence-electron chi connectivity index (χ1n) is 12.8. The molecule has 2 heterocycles. The maximum atomic E-state index is 9.64. The number of ether oxygens (including phenoxy) is 1. The van der Waals surface area contributed by atoms with E-state index >= 15 is 0 Å². The Bertz CT molecular complexity index is 1500. The van der Waals surface area contributed by atoms with E-state index < -0.39 is 0 Å². The fourth-order valence-electron chi connectivity index (χ4n) is 3.90. The summed E-state index contributed by atoms with van der Waals surface area (Å²) in [6.07, 6.45) is 10.2. The Morgan fingerprint density at radius 2 is 1.71 bits per heavy atom. The van der Waals surface area contributed by atoms with E-state index in [1.807, 2.05) is 78.2 Å². The molecule has 0 saturated heterocycles. The molecular formula is C32H33N3O2S. The molecule has 0 radical (unpaired) electrons. The van der Waals surface area contributed by atoms with Gasteiger partial charge in [0.05, 0.1) is 13.2 Å². The molecule has 0 unspecified atom stereocenters. The number of benzene rings is 2. The molecule has 6 heteroatoms. The molecule has 5 rings (SSSR count). The number of hydrogen-bond acceptors (Lipinski definition) is 5. The van der Waals surface area contributed by atoms with Crippen molar-refractivity contribution in [2.45, 2.75) is 50.0 Å². The number of aliphatic hydroxyl groups excluding tert-OH is 1. The summed E-state index contributed by atoms with van der Waals surface area (Å²) in [5, 5.41) is 18.5. The zero-order chi connectivity index (χ0) is 26.7. The topological polar surface area (TPSA) is 59.7 Å². The zero-order valence-electron chi connectivity index (χ0n) is 22.1. The molecule has 1 N–H and O–H groups in total. The van der Waals surface area contributed by atoms with Crippen LogP contribution >= 0.6 is 11.8 Å². The number of rotatable bonds is 6. The van der Waals surface area contributed by atoms with Crippen molar-refractivity contribution >= 4 is 23.0 Å². The smallest absolute Gasteiger partial charge is 0.180 e. The van der Waals surface area contributed by atoms with Gasteiger partial charge in [0.2, 0.25) is 0 Å². The lowest BCUT2D eigenvalue weighted by Gasteiger charge is -2.11. The van der Waals surface area contributed by atoms with E-state index in [-0.39, 0.29) is 6.61 Å². The molecule has 0 atom stereocenters. The van der Waals surface area contributed by atoms with Gasteiger partial charge in [0.25, 0.3) is 0 Å². The summed E-state index contributed by atoms with van der Waals surface area (Å²) < 4.78 is 7.93. The molecule has 0 aliphatic heterocycles. The van der Waals surface area contributed by atoms with Crippen LogP contribution in [0.2, 0.25) is 0 Å². The monoisotopic (exact) mass is 523 g/mol. The van der Waals surface area contributed by atoms with Gasteiger partial charge in [0.15, 0.2) is 11.5 Å². The quantitative estimate of drug-likeness (QED) is 0.264. The van der Waals surface area contributed by atoms with Crippen LogP contribution in [0.25, 0.3) is 11.2 Å². The normalized spacial score (nSPS) is 16.1. The van der Waals surface area contributed by atoms with Crippen molar-refractivity contribution < 1.29 is 9.84 Å². The first-order chi connectivity index (χ1) is 18.6. The molecule has 1 aliphatic carbocycles. The molecule has 194 valence electrons. The van der Waals surface area contributed by atoms with Crippen molar-refractivity contribution in [3.05, 3.63) is 125 Å². The molecule has 0 saturated carbocycles. The van der Waals surface area contributed by atoms with Crippen molar-refractivity contribution in [2.24, 2.45) is 0 Å². The Morgan fingerprint density at radius 1 is 0.947 bits per heavy atom. The number of hydrogen-bond donors (Lipinski definition) is 1. The number of nitrogens with zero attached hydrogens (tertiary/aromatic N) is 3. The summed E-state index contributed by atoms with van der Waals surface area (Å²) >= 11 is 1.61. The van der Waals surface area contributed by atoms with E-state index in [2.05, 4.69) is 54.1 Å². The van der Waals surface area contributed by atoms with Crippen molar-refractivity contribution in [2.75, 3.05) is 6.61 Å². The summed E-state index contributed by atoms with van der Waals surface area (Å²) in [6.45, 7) is 6.72. The largest absolute Gasteiger partial charge is 0.493 e. The van der Waals surface area contributed by atoms with E-state index in [0.29, 0.717) is 12.4 Å². The predicted molar refractivity (Wildman–Crippen MR) is 155 cm³/mol. The minimum Gasteiger partial charge on any atom is -0.493 e. The van der Waals surface area contributed by atoms with Crippen LogP contribution in [0.5, 0.6) is 0 Å². The SMILES string of the molecule is CCO/C1=C/CC/C=C(/C)C=C=C1c1nnc2ccc(Sc3ccccc3CO)cn12.Cc1ccccc1.